The summed E-state index contributed by atoms with van der Waals surface area (Å²) in [4.78, 5) is 8.13. The van der Waals surface area contributed by atoms with E-state index in [0.29, 0.717) is 5.92 Å². The lowest BCUT2D eigenvalue weighted by atomic mass is 9.96. The summed E-state index contributed by atoms with van der Waals surface area (Å²) in [6.07, 6.45) is 11.0. The zero-order valence-electron chi connectivity index (χ0n) is 7.64. The van der Waals surface area contributed by atoms with Crippen molar-refractivity contribution in [2.75, 3.05) is 0 Å². The van der Waals surface area contributed by atoms with E-state index in [1.807, 2.05) is 6.07 Å². The third-order valence-electron chi connectivity index (χ3n) is 2.15. The van der Waals surface area contributed by atoms with E-state index in [4.69, 9.17) is 0 Å². The smallest absolute Gasteiger partial charge is 0.116 e. The predicted molar refractivity (Wildman–Crippen MR) is 52.9 cm³/mol. The van der Waals surface area contributed by atoms with Gasteiger partial charge in [-0.1, -0.05) is 25.2 Å². The van der Waals surface area contributed by atoms with Gasteiger partial charge in [0.1, 0.15) is 6.33 Å². The van der Waals surface area contributed by atoms with E-state index >= 15 is 0 Å². The number of hydrogen-bond donors (Lipinski definition) is 0. The lowest BCUT2D eigenvalue weighted by Gasteiger charge is -2.11. The molecule has 0 spiro atoms. The van der Waals surface area contributed by atoms with Crippen molar-refractivity contribution in [3.63, 3.8) is 0 Å². The second-order valence-corrected chi connectivity index (χ2v) is 3.28. The Morgan fingerprint density at radius 2 is 2.38 bits per heavy atom. The van der Waals surface area contributed by atoms with E-state index in [-0.39, 0.29) is 0 Å². The lowest BCUT2D eigenvalue weighted by Crippen LogP contribution is -1.96. The molecular formula is C11H12N2. The lowest BCUT2D eigenvalue weighted by molar-refractivity contribution is 0.913. The summed E-state index contributed by atoms with van der Waals surface area (Å²) >= 11 is 0. The van der Waals surface area contributed by atoms with Crippen LogP contribution in [0.3, 0.4) is 0 Å². The fourth-order valence-corrected chi connectivity index (χ4v) is 1.52. The van der Waals surface area contributed by atoms with Crippen molar-refractivity contribution in [1.29, 1.82) is 0 Å². The fraction of sp³-hybridized carbons (Fsp3) is 0.273. The molecule has 0 saturated heterocycles. The van der Waals surface area contributed by atoms with Crippen LogP contribution in [0.25, 0.3) is 5.57 Å². The van der Waals surface area contributed by atoms with Crippen LogP contribution in [0, 0.1) is 5.92 Å². The molecule has 66 valence electrons. The minimum atomic E-state index is 0.527. The highest BCUT2D eigenvalue weighted by Crippen LogP contribution is 2.23. The maximum absolute atomic E-state index is 4.22. The average Bonchev–Trinajstić information content (AvgIpc) is 2.19. The molecule has 0 aromatic carbocycles. The zero-order chi connectivity index (χ0) is 9.10. The summed E-state index contributed by atoms with van der Waals surface area (Å²) in [5, 5.41) is 0. The first-order valence-corrected chi connectivity index (χ1v) is 4.50. The molecular weight excluding hydrogens is 160 g/mol. The zero-order valence-corrected chi connectivity index (χ0v) is 7.64. The van der Waals surface area contributed by atoms with Crippen molar-refractivity contribution in [2.24, 2.45) is 5.92 Å². The van der Waals surface area contributed by atoms with E-state index < -0.39 is 0 Å². The normalized spacial score (nSPS) is 21.3. The minimum Gasteiger partial charge on any atom is -0.245 e. The maximum Gasteiger partial charge on any atom is 0.116 e. The summed E-state index contributed by atoms with van der Waals surface area (Å²) < 4.78 is 0. The van der Waals surface area contributed by atoms with Crippen LogP contribution in [0.5, 0.6) is 0 Å². The van der Waals surface area contributed by atoms with Crippen LogP contribution in [0.1, 0.15) is 19.0 Å². The SMILES string of the molecule is CC1C=CCC(c2ccncn2)=C1. The molecule has 2 rings (SSSR count). The number of nitrogens with zero attached hydrogens (tertiary/aromatic N) is 2. The van der Waals surface area contributed by atoms with Gasteiger partial charge in [0.15, 0.2) is 0 Å². The van der Waals surface area contributed by atoms with Gasteiger partial charge in [0.05, 0.1) is 5.69 Å². The monoisotopic (exact) mass is 172 g/mol. The van der Waals surface area contributed by atoms with E-state index in [1.54, 1.807) is 12.5 Å². The molecule has 0 bridgehead atoms. The summed E-state index contributed by atoms with van der Waals surface area (Å²) in [5.41, 5.74) is 2.35. The van der Waals surface area contributed by atoms with Gasteiger partial charge in [0.2, 0.25) is 0 Å². The second-order valence-electron chi connectivity index (χ2n) is 3.28. The first-order chi connectivity index (χ1) is 6.36. The Kier molecular flexibility index (Phi) is 2.21. The van der Waals surface area contributed by atoms with E-state index in [1.165, 1.54) is 5.57 Å². The molecule has 2 heteroatoms. The Labute approximate surface area is 78.0 Å². The van der Waals surface area contributed by atoms with Gasteiger partial charge >= 0.3 is 0 Å². The Bertz CT molecular complexity index is 338. The quantitative estimate of drug-likeness (QED) is 0.608. The number of rotatable bonds is 1. The van der Waals surface area contributed by atoms with Crippen molar-refractivity contribution in [3.05, 3.63) is 42.5 Å². The molecule has 1 atom stereocenters. The third-order valence-corrected chi connectivity index (χ3v) is 2.15. The Balaban J connectivity index is 2.28. The number of allylic oxidation sites excluding steroid dienone is 4. The van der Waals surface area contributed by atoms with E-state index in [2.05, 4.69) is 35.1 Å². The van der Waals surface area contributed by atoms with Crippen LogP contribution in [-0.4, -0.2) is 9.97 Å². The molecule has 1 aliphatic rings. The molecule has 1 heterocycles. The number of hydrogen-bond acceptors (Lipinski definition) is 2. The van der Waals surface area contributed by atoms with E-state index in [0.717, 1.165) is 12.1 Å². The topological polar surface area (TPSA) is 25.8 Å². The van der Waals surface area contributed by atoms with Crippen LogP contribution in [-0.2, 0) is 0 Å². The summed E-state index contributed by atoms with van der Waals surface area (Å²) in [6, 6.07) is 1.96. The Hall–Kier alpha value is -1.44. The molecule has 1 aliphatic carbocycles. The van der Waals surface area contributed by atoms with Crippen LogP contribution in [0.2, 0.25) is 0 Å². The molecule has 0 fully saturated rings. The van der Waals surface area contributed by atoms with Crippen LogP contribution in [0.15, 0.2) is 36.8 Å². The molecule has 1 aromatic heterocycles. The molecule has 0 radical (unpaired) electrons. The molecule has 0 N–H and O–H groups in total. The summed E-state index contributed by atoms with van der Waals surface area (Å²) in [5.74, 6) is 0.527. The molecule has 0 saturated carbocycles. The average molecular weight is 172 g/mol. The highest BCUT2D eigenvalue weighted by Gasteiger charge is 2.06. The van der Waals surface area contributed by atoms with Gasteiger partial charge in [-0.05, 0) is 24.0 Å². The molecule has 2 nitrogen and oxygen atoms in total. The minimum absolute atomic E-state index is 0.527. The molecule has 0 amide bonds. The molecule has 1 unspecified atom stereocenters. The van der Waals surface area contributed by atoms with Crippen LogP contribution >= 0.6 is 0 Å². The van der Waals surface area contributed by atoms with Gasteiger partial charge in [-0.25, -0.2) is 9.97 Å². The molecule has 1 aromatic rings. The second kappa shape index (κ2) is 3.52. The van der Waals surface area contributed by atoms with Gasteiger partial charge in [-0.15, -0.1) is 0 Å². The first-order valence-electron chi connectivity index (χ1n) is 4.50. The van der Waals surface area contributed by atoms with Crippen LogP contribution in [0.4, 0.5) is 0 Å². The molecule has 0 aliphatic heterocycles. The van der Waals surface area contributed by atoms with Crippen molar-refractivity contribution in [2.45, 2.75) is 13.3 Å². The largest absolute Gasteiger partial charge is 0.245 e. The Morgan fingerprint density at radius 3 is 3.08 bits per heavy atom. The van der Waals surface area contributed by atoms with Crippen molar-refractivity contribution in [3.8, 4) is 0 Å². The van der Waals surface area contributed by atoms with Gasteiger partial charge in [-0.3, -0.25) is 0 Å². The maximum atomic E-state index is 4.22. The first kappa shape index (κ1) is 8.17. The number of aromatic nitrogens is 2. The Morgan fingerprint density at radius 1 is 1.46 bits per heavy atom. The van der Waals surface area contributed by atoms with Gasteiger partial charge in [0, 0.05) is 6.20 Å². The summed E-state index contributed by atoms with van der Waals surface area (Å²) in [6.45, 7) is 2.18. The van der Waals surface area contributed by atoms with Gasteiger partial charge < -0.3 is 0 Å². The summed E-state index contributed by atoms with van der Waals surface area (Å²) in [7, 11) is 0. The van der Waals surface area contributed by atoms with Crippen molar-refractivity contribution >= 4 is 5.57 Å². The van der Waals surface area contributed by atoms with Gasteiger partial charge in [-0.2, -0.15) is 0 Å². The van der Waals surface area contributed by atoms with E-state index in [9.17, 15) is 0 Å². The molecule has 13 heavy (non-hydrogen) atoms. The predicted octanol–water partition coefficient (Wildman–Crippen LogP) is 2.46. The third kappa shape index (κ3) is 1.83. The van der Waals surface area contributed by atoms with Crippen LogP contribution < -0.4 is 0 Å². The van der Waals surface area contributed by atoms with Gasteiger partial charge in [0.25, 0.3) is 0 Å². The fourth-order valence-electron chi connectivity index (χ4n) is 1.52. The highest BCUT2D eigenvalue weighted by molar-refractivity contribution is 5.65. The highest BCUT2D eigenvalue weighted by atomic mass is 14.8. The van der Waals surface area contributed by atoms with Crippen molar-refractivity contribution < 1.29 is 0 Å². The van der Waals surface area contributed by atoms with Crippen molar-refractivity contribution in [1.82, 2.24) is 9.97 Å². The standard InChI is InChI=1S/C11H12N2/c1-9-3-2-4-10(7-9)11-5-6-12-8-13-11/h2-3,5-9H,4H2,1H3.